The maximum absolute atomic E-state index is 6.50. The van der Waals surface area contributed by atoms with Crippen molar-refractivity contribution in [2.45, 2.75) is 32.7 Å². The van der Waals surface area contributed by atoms with E-state index in [2.05, 4.69) is 48.2 Å². The average Bonchev–Trinajstić information content (AvgIpc) is 2.50. The summed E-state index contributed by atoms with van der Waals surface area (Å²) in [5.74, 6) is 0. The fourth-order valence-corrected chi connectivity index (χ4v) is 2.63. The number of unbranched alkanes of at least 4 members (excludes halogenated alkanes) is 1. The van der Waals surface area contributed by atoms with Gasteiger partial charge in [0.05, 0.1) is 10.7 Å². The maximum Gasteiger partial charge on any atom is 0.0646 e. The van der Waals surface area contributed by atoms with Crippen molar-refractivity contribution < 1.29 is 0 Å². The third kappa shape index (κ3) is 3.99. The van der Waals surface area contributed by atoms with E-state index in [1.807, 2.05) is 19.1 Å². The summed E-state index contributed by atoms with van der Waals surface area (Å²) >= 11 is 6.50. The molecule has 0 aliphatic heterocycles. The van der Waals surface area contributed by atoms with Crippen LogP contribution in [-0.2, 0) is 0 Å². The molecule has 21 heavy (non-hydrogen) atoms. The van der Waals surface area contributed by atoms with Crippen molar-refractivity contribution in [1.82, 2.24) is 0 Å². The monoisotopic (exact) mass is 302 g/mol. The van der Waals surface area contributed by atoms with Gasteiger partial charge in [0.1, 0.15) is 0 Å². The molecular weight excluding hydrogens is 280 g/mol. The van der Waals surface area contributed by atoms with Gasteiger partial charge in [0.2, 0.25) is 0 Å². The van der Waals surface area contributed by atoms with Crippen molar-refractivity contribution in [2.24, 2.45) is 5.73 Å². The predicted molar refractivity (Wildman–Crippen MR) is 92.4 cm³/mol. The molecule has 112 valence electrons. The van der Waals surface area contributed by atoms with Crippen molar-refractivity contribution in [3.63, 3.8) is 0 Å². The van der Waals surface area contributed by atoms with Gasteiger partial charge in [-0.25, -0.2) is 0 Å². The minimum atomic E-state index is -0.00244. The van der Waals surface area contributed by atoms with E-state index in [0.29, 0.717) is 0 Å². The van der Waals surface area contributed by atoms with E-state index < -0.39 is 0 Å². The Morgan fingerprint density at radius 3 is 2.43 bits per heavy atom. The second-order valence-corrected chi connectivity index (χ2v) is 5.75. The van der Waals surface area contributed by atoms with E-state index in [-0.39, 0.29) is 6.04 Å². The lowest BCUT2D eigenvalue weighted by atomic mass is 10.1. The van der Waals surface area contributed by atoms with Crippen molar-refractivity contribution in [3.8, 4) is 0 Å². The van der Waals surface area contributed by atoms with E-state index in [1.54, 1.807) is 0 Å². The van der Waals surface area contributed by atoms with E-state index >= 15 is 0 Å². The first-order valence-electron chi connectivity index (χ1n) is 7.51. The molecule has 0 aliphatic rings. The van der Waals surface area contributed by atoms with Gasteiger partial charge in [-0.2, -0.15) is 0 Å². The zero-order valence-electron chi connectivity index (χ0n) is 12.7. The molecule has 0 radical (unpaired) electrons. The SMILES string of the molecule is CCCCN(c1ccccc1)c1ccc([C@H](C)N)cc1Cl. The van der Waals surface area contributed by atoms with Gasteiger partial charge in [0.25, 0.3) is 0 Å². The highest BCUT2D eigenvalue weighted by molar-refractivity contribution is 6.33. The molecule has 0 heterocycles. The number of halogens is 1. The van der Waals surface area contributed by atoms with Gasteiger partial charge in [-0.05, 0) is 43.2 Å². The molecule has 0 spiro atoms. The molecule has 0 saturated heterocycles. The summed E-state index contributed by atoms with van der Waals surface area (Å²) in [6.45, 7) is 5.12. The lowest BCUT2D eigenvalue weighted by Crippen LogP contribution is -2.19. The minimum Gasteiger partial charge on any atom is -0.340 e. The topological polar surface area (TPSA) is 29.3 Å². The number of benzene rings is 2. The van der Waals surface area contributed by atoms with Crippen molar-refractivity contribution >= 4 is 23.0 Å². The lowest BCUT2D eigenvalue weighted by Gasteiger charge is -2.26. The zero-order chi connectivity index (χ0) is 15.2. The van der Waals surface area contributed by atoms with Gasteiger partial charge in [-0.15, -0.1) is 0 Å². The first-order chi connectivity index (χ1) is 10.1. The van der Waals surface area contributed by atoms with Crippen LogP contribution in [0.1, 0.15) is 38.3 Å². The van der Waals surface area contributed by atoms with Crippen LogP contribution in [0.25, 0.3) is 0 Å². The molecule has 0 aromatic heterocycles. The molecule has 2 aromatic carbocycles. The zero-order valence-corrected chi connectivity index (χ0v) is 13.5. The molecule has 3 heteroatoms. The number of hydrogen-bond donors (Lipinski definition) is 1. The molecule has 2 nitrogen and oxygen atoms in total. The minimum absolute atomic E-state index is 0.00244. The van der Waals surface area contributed by atoms with Crippen LogP contribution in [0.5, 0.6) is 0 Å². The van der Waals surface area contributed by atoms with Crippen LogP contribution in [0.15, 0.2) is 48.5 Å². The van der Waals surface area contributed by atoms with Crippen LogP contribution in [0, 0.1) is 0 Å². The Morgan fingerprint density at radius 2 is 1.86 bits per heavy atom. The smallest absolute Gasteiger partial charge is 0.0646 e. The van der Waals surface area contributed by atoms with Gasteiger partial charge in [-0.1, -0.05) is 49.2 Å². The van der Waals surface area contributed by atoms with Gasteiger partial charge in [-0.3, -0.25) is 0 Å². The molecule has 2 rings (SSSR count). The number of rotatable bonds is 6. The molecule has 1 atom stereocenters. The molecule has 0 saturated carbocycles. The maximum atomic E-state index is 6.50. The van der Waals surface area contributed by atoms with Crippen LogP contribution < -0.4 is 10.6 Å². The molecule has 0 amide bonds. The average molecular weight is 303 g/mol. The van der Waals surface area contributed by atoms with Gasteiger partial charge >= 0.3 is 0 Å². The quantitative estimate of drug-likeness (QED) is 0.784. The van der Waals surface area contributed by atoms with Crippen LogP contribution in [-0.4, -0.2) is 6.54 Å². The van der Waals surface area contributed by atoms with Crippen molar-refractivity contribution in [1.29, 1.82) is 0 Å². The normalized spacial score (nSPS) is 12.2. The summed E-state index contributed by atoms with van der Waals surface area (Å²) in [6, 6.07) is 16.5. The summed E-state index contributed by atoms with van der Waals surface area (Å²) < 4.78 is 0. The number of hydrogen-bond acceptors (Lipinski definition) is 2. The summed E-state index contributed by atoms with van der Waals surface area (Å²) in [6.07, 6.45) is 2.28. The summed E-state index contributed by atoms with van der Waals surface area (Å²) in [7, 11) is 0. The van der Waals surface area contributed by atoms with E-state index in [0.717, 1.165) is 35.7 Å². The summed E-state index contributed by atoms with van der Waals surface area (Å²) in [5, 5.41) is 0.754. The fourth-order valence-electron chi connectivity index (χ4n) is 2.34. The van der Waals surface area contributed by atoms with Crippen LogP contribution in [0.4, 0.5) is 11.4 Å². The van der Waals surface area contributed by atoms with E-state index in [4.69, 9.17) is 17.3 Å². The Morgan fingerprint density at radius 1 is 1.14 bits per heavy atom. The second-order valence-electron chi connectivity index (χ2n) is 5.34. The molecule has 0 fully saturated rings. The van der Waals surface area contributed by atoms with Crippen LogP contribution in [0.3, 0.4) is 0 Å². The molecule has 0 bridgehead atoms. The Bertz CT molecular complexity index is 567. The Balaban J connectivity index is 2.37. The highest BCUT2D eigenvalue weighted by atomic mass is 35.5. The Hall–Kier alpha value is -1.51. The molecular formula is C18H23ClN2. The molecule has 2 aromatic rings. The van der Waals surface area contributed by atoms with Crippen molar-refractivity contribution in [3.05, 3.63) is 59.1 Å². The van der Waals surface area contributed by atoms with E-state index in [1.165, 1.54) is 5.69 Å². The molecule has 0 unspecified atom stereocenters. The number of para-hydroxylation sites is 1. The van der Waals surface area contributed by atoms with Gasteiger partial charge < -0.3 is 10.6 Å². The van der Waals surface area contributed by atoms with Crippen LogP contribution >= 0.6 is 11.6 Å². The highest BCUT2D eigenvalue weighted by Crippen LogP contribution is 2.33. The largest absolute Gasteiger partial charge is 0.340 e. The Labute approximate surface area is 132 Å². The first-order valence-corrected chi connectivity index (χ1v) is 7.89. The highest BCUT2D eigenvalue weighted by Gasteiger charge is 2.13. The Kier molecular flexibility index (Phi) is 5.66. The predicted octanol–water partition coefficient (Wildman–Crippen LogP) is 5.30. The van der Waals surface area contributed by atoms with Gasteiger partial charge in [0.15, 0.2) is 0 Å². The third-order valence-electron chi connectivity index (χ3n) is 3.59. The van der Waals surface area contributed by atoms with E-state index in [9.17, 15) is 0 Å². The number of nitrogens with zero attached hydrogens (tertiary/aromatic N) is 1. The number of nitrogens with two attached hydrogens (primary N) is 1. The second kappa shape index (κ2) is 7.48. The summed E-state index contributed by atoms with van der Waals surface area (Å²) in [5.41, 5.74) is 9.20. The molecule has 0 aliphatic carbocycles. The van der Waals surface area contributed by atoms with Crippen molar-refractivity contribution in [2.75, 3.05) is 11.4 Å². The standard InChI is InChI=1S/C18H23ClN2/c1-3-4-12-21(16-8-6-5-7-9-16)18-11-10-15(14(2)20)13-17(18)19/h5-11,13-14H,3-4,12,20H2,1-2H3/t14-/m0/s1. The summed E-state index contributed by atoms with van der Waals surface area (Å²) in [4.78, 5) is 2.27. The first kappa shape index (κ1) is 15.9. The molecule has 2 N–H and O–H groups in total. The third-order valence-corrected chi connectivity index (χ3v) is 3.89. The number of anilines is 2. The van der Waals surface area contributed by atoms with Crippen LogP contribution in [0.2, 0.25) is 5.02 Å². The lowest BCUT2D eigenvalue weighted by molar-refractivity contribution is 0.784. The fraction of sp³-hybridized carbons (Fsp3) is 0.333. The van der Waals surface area contributed by atoms with Gasteiger partial charge in [0, 0.05) is 18.3 Å².